The average molecular weight is 233 g/mol. The van der Waals surface area contributed by atoms with Gasteiger partial charge in [-0.1, -0.05) is 29.4 Å². The summed E-state index contributed by atoms with van der Waals surface area (Å²) in [6.07, 6.45) is 0. The van der Waals surface area contributed by atoms with Crippen LogP contribution in [0.3, 0.4) is 0 Å². The van der Waals surface area contributed by atoms with E-state index in [9.17, 15) is 0 Å². The number of rotatable bonds is 5. The molecule has 0 unspecified atom stereocenters. The molecule has 0 saturated carbocycles. The smallest absolute Gasteiger partial charge is 0.170 e. The number of benzene rings is 1. The van der Waals surface area contributed by atoms with Gasteiger partial charge in [0.05, 0.1) is 0 Å². The highest BCUT2D eigenvalue weighted by Gasteiger charge is 2.03. The van der Waals surface area contributed by atoms with Gasteiger partial charge in [0.1, 0.15) is 0 Å². The van der Waals surface area contributed by atoms with Crippen molar-refractivity contribution in [3.05, 3.63) is 47.0 Å². The number of hydrogen-bond acceptors (Lipinski definition) is 3. The first-order valence-corrected chi connectivity index (χ1v) is 5.47. The molecule has 0 radical (unpaired) electrons. The SMILES string of the molecule is C=C(C)CNCc1ccc(/C(N)=N/O)cc1C. The van der Waals surface area contributed by atoms with Crippen LogP contribution in [0, 0.1) is 6.92 Å². The molecule has 0 heterocycles. The molecule has 0 amide bonds. The Kier molecular flexibility index (Phi) is 4.72. The van der Waals surface area contributed by atoms with E-state index in [2.05, 4.69) is 17.1 Å². The summed E-state index contributed by atoms with van der Waals surface area (Å²) in [4.78, 5) is 0. The summed E-state index contributed by atoms with van der Waals surface area (Å²) in [7, 11) is 0. The molecule has 0 fully saturated rings. The summed E-state index contributed by atoms with van der Waals surface area (Å²) in [6, 6.07) is 5.74. The Morgan fingerprint density at radius 3 is 2.76 bits per heavy atom. The number of oxime groups is 1. The first kappa shape index (κ1) is 13.3. The second-order valence-corrected chi connectivity index (χ2v) is 4.19. The lowest BCUT2D eigenvalue weighted by Crippen LogP contribution is -2.17. The molecule has 0 aliphatic heterocycles. The molecule has 4 heteroatoms. The molecule has 1 aromatic carbocycles. The molecule has 4 nitrogen and oxygen atoms in total. The molecule has 0 saturated heterocycles. The van der Waals surface area contributed by atoms with Crippen molar-refractivity contribution in [1.82, 2.24) is 5.32 Å². The molecule has 0 bridgehead atoms. The number of nitrogens with two attached hydrogens (primary N) is 1. The van der Waals surface area contributed by atoms with E-state index in [4.69, 9.17) is 10.9 Å². The van der Waals surface area contributed by atoms with Gasteiger partial charge >= 0.3 is 0 Å². The van der Waals surface area contributed by atoms with Crippen molar-refractivity contribution in [3.63, 3.8) is 0 Å². The van der Waals surface area contributed by atoms with Crippen LogP contribution in [0.5, 0.6) is 0 Å². The molecule has 0 aromatic heterocycles. The van der Waals surface area contributed by atoms with Crippen LogP contribution in [0.15, 0.2) is 35.5 Å². The summed E-state index contributed by atoms with van der Waals surface area (Å²) in [5.41, 5.74) is 9.67. The van der Waals surface area contributed by atoms with Crippen LogP contribution in [0.1, 0.15) is 23.6 Å². The molecular formula is C13H19N3O. The quantitative estimate of drug-likeness (QED) is 0.238. The normalized spacial score (nSPS) is 11.5. The van der Waals surface area contributed by atoms with Crippen molar-refractivity contribution >= 4 is 5.84 Å². The van der Waals surface area contributed by atoms with E-state index >= 15 is 0 Å². The summed E-state index contributed by atoms with van der Waals surface area (Å²) >= 11 is 0. The molecule has 17 heavy (non-hydrogen) atoms. The standard InChI is InChI=1S/C13H19N3O/c1-9(2)7-15-8-12-5-4-11(6-10(12)3)13(14)16-17/h4-6,15,17H,1,7-8H2,2-3H3,(H2,14,16). The first-order chi connectivity index (χ1) is 8.04. The van der Waals surface area contributed by atoms with E-state index in [1.54, 1.807) is 0 Å². The van der Waals surface area contributed by atoms with Gasteiger partial charge in [-0.3, -0.25) is 0 Å². The van der Waals surface area contributed by atoms with E-state index in [-0.39, 0.29) is 5.84 Å². The Labute approximate surface area is 102 Å². The fourth-order valence-electron chi connectivity index (χ4n) is 1.52. The summed E-state index contributed by atoms with van der Waals surface area (Å²) in [5, 5.41) is 14.9. The van der Waals surface area contributed by atoms with Crippen molar-refractivity contribution in [2.75, 3.05) is 6.54 Å². The Morgan fingerprint density at radius 2 is 2.24 bits per heavy atom. The lowest BCUT2D eigenvalue weighted by Gasteiger charge is -2.09. The summed E-state index contributed by atoms with van der Waals surface area (Å²) in [6.45, 7) is 9.42. The van der Waals surface area contributed by atoms with Gasteiger partial charge in [-0.2, -0.15) is 0 Å². The zero-order chi connectivity index (χ0) is 12.8. The van der Waals surface area contributed by atoms with Crippen LogP contribution >= 0.6 is 0 Å². The third kappa shape index (κ3) is 3.92. The zero-order valence-corrected chi connectivity index (χ0v) is 10.3. The lowest BCUT2D eigenvalue weighted by molar-refractivity contribution is 0.318. The van der Waals surface area contributed by atoms with Gasteiger partial charge in [0.25, 0.3) is 0 Å². The second-order valence-electron chi connectivity index (χ2n) is 4.19. The van der Waals surface area contributed by atoms with E-state index in [0.29, 0.717) is 0 Å². The van der Waals surface area contributed by atoms with Crippen LogP contribution in [0.25, 0.3) is 0 Å². The minimum Gasteiger partial charge on any atom is -0.409 e. The molecule has 0 aliphatic carbocycles. The molecule has 4 N–H and O–H groups in total. The molecular weight excluding hydrogens is 214 g/mol. The Hall–Kier alpha value is -1.81. The van der Waals surface area contributed by atoms with Gasteiger partial charge in [0.15, 0.2) is 5.84 Å². The Balaban J connectivity index is 2.73. The number of aryl methyl sites for hydroxylation is 1. The van der Waals surface area contributed by atoms with E-state index in [0.717, 1.165) is 29.8 Å². The van der Waals surface area contributed by atoms with Crippen LogP contribution in [-0.4, -0.2) is 17.6 Å². The van der Waals surface area contributed by atoms with E-state index in [1.165, 1.54) is 5.56 Å². The number of amidine groups is 1. The molecule has 1 rings (SSSR count). The predicted molar refractivity (Wildman–Crippen MR) is 70.2 cm³/mol. The first-order valence-electron chi connectivity index (χ1n) is 5.47. The zero-order valence-electron chi connectivity index (χ0n) is 10.3. The molecule has 92 valence electrons. The fourth-order valence-corrected chi connectivity index (χ4v) is 1.52. The number of nitrogens with zero attached hydrogens (tertiary/aromatic N) is 1. The van der Waals surface area contributed by atoms with Crippen LogP contribution < -0.4 is 11.1 Å². The monoisotopic (exact) mass is 233 g/mol. The van der Waals surface area contributed by atoms with E-state index < -0.39 is 0 Å². The largest absolute Gasteiger partial charge is 0.409 e. The fraction of sp³-hybridized carbons (Fsp3) is 0.308. The highest BCUT2D eigenvalue weighted by atomic mass is 16.4. The Bertz CT molecular complexity index is 438. The molecule has 0 spiro atoms. The number of hydrogen-bond donors (Lipinski definition) is 3. The molecule has 0 atom stereocenters. The summed E-state index contributed by atoms with van der Waals surface area (Å²) < 4.78 is 0. The maximum atomic E-state index is 8.59. The van der Waals surface area contributed by atoms with E-state index in [1.807, 2.05) is 32.0 Å². The van der Waals surface area contributed by atoms with Crippen molar-refractivity contribution < 1.29 is 5.21 Å². The highest BCUT2D eigenvalue weighted by Crippen LogP contribution is 2.11. The highest BCUT2D eigenvalue weighted by molar-refractivity contribution is 5.97. The predicted octanol–water partition coefficient (Wildman–Crippen LogP) is 1.76. The van der Waals surface area contributed by atoms with Gasteiger partial charge in [-0.15, -0.1) is 0 Å². The van der Waals surface area contributed by atoms with Gasteiger partial charge in [0, 0.05) is 18.7 Å². The third-order valence-corrected chi connectivity index (χ3v) is 2.49. The van der Waals surface area contributed by atoms with Gasteiger partial charge in [-0.25, -0.2) is 0 Å². The number of nitrogens with one attached hydrogen (secondary N) is 1. The van der Waals surface area contributed by atoms with Crippen LogP contribution in [0.2, 0.25) is 0 Å². The minimum absolute atomic E-state index is 0.134. The molecule has 1 aromatic rings. The van der Waals surface area contributed by atoms with Crippen molar-refractivity contribution in [3.8, 4) is 0 Å². The maximum absolute atomic E-state index is 8.59. The average Bonchev–Trinajstić information content (AvgIpc) is 2.29. The van der Waals surface area contributed by atoms with Gasteiger partial charge in [-0.05, 0) is 31.0 Å². The minimum atomic E-state index is 0.134. The van der Waals surface area contributed by atoms with Gasteiger partial charge in [0.2, 0.25) is 0 Å². The summed E-state index contributed by atoms with van der Waals surface area (Å²) in [5.74, 6) is 0.134. The third-order valence-electron chi connectivity index (χ3n) is 2.49. The van der Waals surface area contributed by atoms with Gasteiger partial charge < -0.3 is 16.3 Å². The lowest BCUT2D eigenvalue weighted by atomic mass is 10.0. The van der Waals surface area contributed by atoms with Crippen molar-refractivity contribution in [2.24, 2.45) is 10.9 Å². The maximum Gasteiger partial charge on any atom is 0.170 e. The van der Waals surface area contributed by atoms with Crippen molar-refractivity contribution in [2.45, 2.75) is 20.4 Å². The Morgan fingerprint density at radius 1 is 1.53 bits per heavy atom. The molecule has 0 aliphatic rings. The van der Waals surface area contributed by atoms with Crippen molar-refractivity contribution in [1.29, 1.82) is 0 Å². The van der Waals surface area contributed by atoms with Crippen LogP contribution in [0.4, 0.5) is 0 Å². The topological polar surface area (TPSA) is 70.6 Å². The van der Waals surface area contributed by atoms with Crippen LogP contribution in [-0.2, 0) is 6.54 Å². The second kappa shape index (κ2) is 6.06.